The average molecular weight is 360 g/mol. The Labute approximate surface area is 159 Å². The van der Waals surface area contributed by atoms with Gasteiger partial charge in [-0.25, -0.2) is 0 Å². The highest BCUT2D eigenvalue weighted by molar-refractivity contribution is 5.94. The smallest absolute Gasteiger partial charge is 0.251 e. The minimum atomic E-state index is -0.0835. The number of carbonyl (C=O) groups is 1. The summed E-state index contributed by atoms with van der Waals surface area (Å²) in [6.07, 6.45) is 4.96. The summed E-state index contributed by atoms with van der Waals surface area (Å²) < 4.78 is 5.25. The Morgan fingerprint density at radius 3 is 2.74 bits per heavy atom. The first-order valence-electron chi connectivity index (χ1n) is 9.47. The molecule has 0 spiro atoms. The van der Waals surface area contributed by atoms with Crippen LogP contribution in [0.15, 0.2) is 71.3 Å². The van der Waals surface area contributed by atoms with Gasteiger partial charge < -0.3 is 15.1 Å². The van der Waals surface area contributed by atoms with Gasteiger partial charge in [0.1, 0.15) is 5.76 Å². The van der Waals surface area contributed by atoms with Crippen LogP contribution in [0.5, 0.6) is 0 Å². The van der Waals surface area contributed by atoms with E-state index >= 15 is 0 Å². The van der Waals surface area contributed by atoms with Crippen molar-refractivity contribution in [3.8, 4) is 0 Å². The molecule has 2 aromatic carbocycles. The lowest BCUT2D eigenvalue weighted by Crippen LogP contribution is -2.34. The van der Waals surface area contributed by atoms with Crippen LogP contribution in [0, 0.1) is 0 Å². The number of rotatable bonds is 6. The number of hydrogen-bond acceptors (Lipinski definition) is 3. The van der Waals surface area contributed by atoms with E-state index in [9.17, 15) is 4.79 Å². The number of amides is 1. The number of furan rings is 1. The van der Waals surface area contributed by atoms with Crippen LogP contribution in [0.25, 0.3) is 0 Å². The number of nitrogens with one attached hydrogen (secondary N) is 2. The van der Waals surface area contributed by atoms with E-state index in [1.807, 2.05) is 30.3 Å². The fourth-order valence-electron chi connectivity index (χ4n) is 3.64. The van der Waals surface area contributed by atoms with Crippen LogP contribution in [0.1, 0.15) is 39.2 Å². The fraction of sp³-hybridized carbons (Fsp3) is 0.261. The predicted octanol–water partition coefficient (Wildman–Crippen LogP) is 3.86. The van der Waals surface area contributed by atoms with Crippen molar-refractivity contribution in [1.82, 2.24) is 10.6 Å². The second kappa shape index (κ2) is 8.23. The molecule has 0 bridgehead atoms. The highest BCUT2D eigenvalue weighted by Crippen LogP contribution is 2.21. The molecule has 4 heteroatoms. The summed E-state index contributed by atoms with van der Waals surface area (Å²) in [5.41, 5.74) is 4.73. The van der Waals surface area contributed by atoms with Crippen molar-refractivity contribution in [2.75, 3.05) is 0 Å². The van der Waals surface area contributed by atoms with E-state index in [0.717, 1.165) is 37.1 Å². The summed E-state index contributed by atoms with van der Waals surface area (Å²) in [4.78, 5) is 12.4. The Balaban J connectivity index is 1.32. The third-order valence-electron chi connectivity index (χ3n) is 5.13. The van der Waals surface area contributed by atoms with Gasteiger partial charge in [0.15, 0.2) is 0 Å². The molecule has 0 saturated heterocycles. The number of benzene rings is 2. The van der Waals surface area contributed by atoms with Crippen molar-refractivity contribution in [1.29, 1.82) is 0 Å². The van der Waals surface area contributed by atoms with Crippen molar-refractivity contribution in [2.24, 2.45) is 0 Å². The van der Waals surface area contributed by atoms with Crippen molar-refractivity contribution >= 4 is 5.91 Å². The van der Waals surface area contributed by atoms with E-state index in [1.54, 1.807) is 6.26 Å². The van der Waals surface area contributed by atoms with Gasteiger partial charge in [-0.1, -0.05) is 36.4 Å². The zero-order valence-electron chi connectivity index (χ0n) is 15.3. The van der Waals surface area contributed by atoms with Crippen LogP contribution in [0.2, 0.25) is 0 Å². The number of aryl methyl sites for hydroxylation is 1. The van der Waals surface area contributed by atoms with Gasteiger partial charge in [0.25, 0.3) is 5.91 Å². The van der Waals surface area contributed by atoms with E-state index < -0.39 is 0 Å². The van der Waals surface area contributed by atoms with Gasteiger partial charge in [-0.15, -0.1) is 0 Å². The Hall–Kier alpha value is -2.85. The molecule has 3 aromatic rings. The molecule has 0 saturated carbocycles. The van der Waals surface area contributed by atoms with Crippen LogP contribution in [-0.2, 0) is 25.9 Å². The van der Waals surface area contributed by atoms with Gasteiger partial charge in [-0.3, -0.25) is 4.79 Å². The largest absolute Gasteiger partial charge is 0.467 e. The maximum absolute atomic E-state index is 12.4. The molecule has 0 fully saturated rings. The summed E-state index contributed by atoms with van der Waals surface area (Å²) in [6, 6.07) is 20.7. The molecule has 1 atom stereocenters. The van der Waals surface area contributed by atoms with E-state index in [4.69, 9.17) is 4.42 Å². The minimum absolute atomic E-state index is 0.0835. The molecular formula is C23H24N2O2. The summed E-state index contributed by atoms with van der Waals surface area (Å²) in [5.74, 6) is 0.665. The fourth-order valence-corrected chi connectivity index (χ4v) is 3.64. The zero-order chi connectivity index (χ0) is 18.5. The van der Waals surface area contributed by atoms with Gasteiger partial charge in [0, 0.05) is 18.2 Å². The van der Waals surface area contributed by atoms with Crippen molar-refractivity contribution in [3.05, 3.63) is 94.9 Å². The number of fused-ring (bicyclic) bond motifs is 1. The maximum Gasteiger partial charge on any atom is 0.251 e. The third kappa shape index (κ3) is 4.47. The van der Waals surface area contributed by atoms with E-state index in [-0.39, 0.29) is 5.91 Å². The molecule has 1 aromatic heterocycles. The molecule has 1 aliphatic carbocycles. The van der Waals surface area contributed by atoms with E-state index in [0.29, 0.717) is 18.2 Å². The van der Waals surface area contributed by atoms with Gasteiger partial charge in [-0.05, 0) is 60.2 Å². The number of hydrogen-bond donors (Lipinski definition) is 2. The van der Waals surface area contributed by atoms with Crippen molar-refractivity contribution in [2.45, 2.75) is 38.4 Å². The predicted molar refractivity (Wildman–Crippen MR) is 105 cm³/mol. The van der Waals surface area contributed by atoms with Crippen LogP contribution >= 0.6 is 0 Å². The van der Waals surface area contributed by atoms with Gasteiger partial charge >= 0.3 is 0 Å². The van der Waals surface area contributed by atoms with Crippen LogP contribution < -0.4 is 10.6 Å². The van der Waals surface area contributed by atoms with E-state index in [2.05, 4.69) is 41.0 Å². The summed E-state index contributed by atoms with van der Waals surface area (Å²) in [7, 11) is 0. The first-order chi connectivity index (χ1) is 13.3. The van der Waals surface area contributed by atoms with Crippen molar-refractivity contribution < 1.29 is 9.21 Å². The van der Waals surface area contributed by atoms with Crippen LogP contribution in [0.4, 0.5) is 0 Å². The van der Waals surface area contributed by atoms with Crippen LogP contribution in [-0.4, -0.2) is 11.9 Å². The molecule has 1 unspecified atom stereocenters. The first kappa shape index (κ1) is 17.6. The quantitative estimate of drug-likeness (QED) is 0.702. The minimum Gasteiger partial charge on any atom is -0.467 e. The molecule has 138 valence electrons. The Morgan fingerprint density at radius 1 is 1.00 bits per heavy atom. The number of carbonyl (C=O) groups excluding carboxylic acids is 1. The average Bonchev–Trinajstić information content (AvgIpc) is 3.24. The first-order valence-corrected chi connectivity index (χ1v) is 9.47. The van der Waals surface area contributed by atoms with Gasteiger partial charge in [0.05, 0.1) is 12.8 Å². The highest BCUT2D eigenvalue weighted by atomic mass is 16.3. The molecule has 1 aliphatic rings. The lowest BCUT2D eigenvalue weighted by molar-refractivity contribution is 0.0948. The summed E-state index contributed by atoms with van der Waals surface area (Å²) >= 11 is 0. The Kier molecular flexibility index (Phi) is 5.35. The SMILES string of the molecule is O=C(NCc1ccco1)c1cccc(CNC2CCc3ccccc3C2)c1. The molecule has 4 nitrogen and oxygen atoms in total. The summed E-state index contributed by atoms with van der Waals surface area (Å²) in [6.45, 7) is 1.17. The summed E-state index contributed by atoms with van der Waals surface area (Å²) in [5, 5.41) is 6.54. The third-order valence-corrected chi connectivity index (χ3v) is 5.13. The molecule has 2 N–H and O–H groups in total. The molecular weight excluding hydrogens is 336 g/mol. The molecule has 1 amide bonds. The van der Waals surface area contributed by atoms with Crippen LogP contribution in [0.3, 0.4) is 0 Å². The molecule has 0 aliphatic heterocycles. The lowest BCUT2D eigenvalue weighted by atomic mass is 9.88. The topological polar surface area (TPSA) is 54.3 Å². The van der Waals surface area contributed by atoms with Crippen molar-refractivity contribution in [3.63, 3.8) is 0 Å². The molecule has 27 heavy (non-hydrogen) atoms. The Bertz CT molecular complexity index is 902. The monoisotopic (exact) mass is 360 g/mol. The zero-order valence-corrected chi connectivity index (χ0v) is 15.3. The Morgan fingerprint density at radius 2 is 1.89 bits per heavy atom. The lowest BCUT2D eigenvalue weighted by Gasteiger charge is -2.25. The normalized spacial score (nSPS) is 15.9. The second-order valence-electron chi connectivity index (χ2n) is 7.05. The van der Waals surface area contributed by atoms with Gasteiger partial charge in [-0.2, -0.15) is 0 Å². The van der Waals surface area contributed by atoms with Gasteiger partial charge in [0.2, 0.25) is 0 Å². The second-order valence-corrected chi connectivity index (χ2v) is 7.05. The molecule has 1 heterocycles. The molecule has 4 rings (SSSR count). The highest BCUT2D eigenvalue weighted by Gasteiger charge is 2.17. The maximum atomic E-state index is 12.4. The van der Waals surface area contributed by atoms with E-state index in [1.165, 1.54) is 11.1 Å². The molecule has 0 radical (unpaired) electrons. The standard InChI is InChI=1S/C23H24N2O2/c26-23(25-16-22-9-4-12-27-22)20-8-3-5-17(13-20)15-24-21-11-10-18-6-1-2-7-19(18)14-21/h1-9,12-13,21,24H,10-11,14-16H2,(H,25,26).